The number of hydrogen-bond donors (Lipinski definition) is 2. The maximum Gasteiger partial charge on any atom is 0.416 e. The Morgan fingerprint density at radius 1 is 1.37 bits per heavy atom. The number of hydrogen-bond acceptors (Lipinski definition) is 7. The van der Waals surface area contributed by atoms with Gasteiger partial charge in [-0.15, -0.1) is 0 Å². The van der Waals surface area contributed by atoms with Crippen LogP contribution in [0.25, 0.3) is 0 Å². The van der Waals surface area contributed by atoms with E-state index in [-0.39, 0.29) is 18.2 Å². The molecule has 2 heterocycles. The molecule has 0 aliphatic heterocycles. The second kappa shape index (κ2) is 7.89. The predicted octanol–water partition coefficient (Wildman–Crippen LogP) is 2.38. The Morgan fingerprint density at radius 2 is 2.10 bits per heavy atom. The summed E-state index contributed by atoms with van der Waals surface area (Å²) in [5.74, 6) is -1.80. The molecule has 0 fully saturated rings. The Labute approximate surface area is 167 Å². The van der Waals surface area contributed by atoms with Gasteiger partial charge in [0.25, 0.3) is 11.5 Å². The highest BCUT2D eigenvalue weighted by atomic mass is 19.4. The molecule has 158 valence electrons. The van der Waals surface area contributed by atoms with Crippen molar-refractivity contribution in [3.05, 3.63) is 63.9 Å². The number of aromatic nitrogens is 3. The minimum atomic E-state index is -4.49. The summed E-state index contributed by atoms with van der Waals surface area (Å²) in [4.78, 5) is 30.2. The van der Waals surface area contributed by atoms with E-state index in [9.17, 15) is 27.9 Å². The topological polar surface area (TPSA) is 113 Å². The van der Waals surface area contributed by atoms with Crippen molar-refractivity contribution in [2.75, 3.05) is 17.3 Å². The van der Waals surface area contributed by atoms with E-state index in [1.165, 1.54) is 37.3 Å². The number of rotatable bonds is 5. The van der Waals surface area contributed by atoms with Crippen LogP contribution >= 0.6 is 0 Å². The lowest BCUT2D eigenvalue weighted by atomic mass is 10.1. The summed E-state index contributed by atoms with van der Waals surface area (Å²) < 4.78 is 44.4. The zero-order valence-electron chi connectivity index (χ0n) is 15.8. The molecule has 30 heavy (non-hydrogen) atoms. The Morgan fingerprint density at radius 3 is 2.73 bits per heavy atom. The summed E-state index contributed by atoms with van der Waals surface area (Å²) in [5.41, 5.74) is -1.77. The van der Waals surface area contributed by atoms with Gasteiger partial charge in [0.1, 0.15) is 12.0 Å². The van der Waals surface area contributed by atoms with E-state index in [2.05, 4.69) is 20.0 Å². The van der Waals surface area contributed by atoms with Crippen LogP contribution in [0.5, 0.6) is 5.75 Å². The molecule has 0 aliphatic carbocycles. The summed E-state index contributed by atoms with van der Waals surface area (Å²) in [7, 11) is 2.80. The van der Waals surface area contributed by atoms with Gasteiger partial charge in [-0.05, 0) is 17.7 Å². The summed E-state index contributed by atoms with van der Waals surface area (Å²) in [6, 6.07) is 4.69. The van der Waals surface area contributed by atoms with Crippen molar-refractivity contribution in [1.29, 1.82) is 0 Å². The third-order valence-electron chi connectivity index (χ3n) is 4.16. The van der Waals surface area contributed by atoms with Crippen LogP contribution in [-0.4, -0.2) is 32.8 Å². The molecule has 1 amide bonds. The lowest BCUT2D eigenvalue weighted by Gasteiger charge is -2.22. The van der Waals surface area contributed by atoms with Gasteiger partial charge in [-0.2, -0.15) is 13.2 Å². The van der Waals surface area contributed by atoms with Crippen molar-refractivity contribution in [2.45, 2.75) is 12.7 Å². The quantitative estimate of drug-likeness (QED) is 0.648. The fourth-order valence-corrected chi connectivity index (χ4v) is 2.73. The summed E-state index contributed by atoms with van der Waals surface area (Å²) >= 11 is 0. The number of aromatic hydroxyl groups is 1. The van der Waals surface area contributed by atoms with E-state index >= 15 is 0 Å². The smallest absolute Gasteiger partial charge is 0.416 e. The van der Waals surface area contributed by atoms with Gasteiger partial charge in [-0.1, -0.05) is 17.3 Å². The third kappa shape index (κ3) is 4.26. The molecule has 3 rings (SSSR count). The second-order valence-electron chi connectivity index (χ2n) is 6.39. The predicted molar refractivity (Wildman–Crippen MR) is 99.2 cm³/mol. The summed E-state index contributed by atoms with van der Waals surface area (Å²) in [6.45, 7) is -0.0400. The molecule has 0 atom stereocenters. The van der Waals surface area contributed by atoms with Crippen LogP contribution in [0, 0.1) is 0 Å². The fraction of sp³-hybridized carbons (Fsp3) is 0.222. The highest BCUT2D eigenvalue weighted by molar-refractivity contribution is 6.04. The first-order valence-electron chi connectivity index (χ1n) is 8.46. The van der Waals surface area contributed by atoms with Crippen LogP contribution in [0.3, 0.4) is 0 Å². The molecule has 0 unspecified atom stereocenters. The Kier molecular flexibility index (Phi) is 5.49. The highest BCUT2D eigenvalue weighted by Crippen LogP contribution is 2.30. The molecule has 12 heteroatoms. The Hall–Kier alpha value is -3.83. The molecule has 0 bridgehead atoms. The fourth-order valence-electron chi connectivity index (χ4n) is 2.73. The minimum absolute atomic E-state index is 0.0364. The van der Waals surface area contributed by atoms with Gasteiger partial charge < -0.3 is 19.8 Å². The molecule has 0 radical (unpaired) electrons. The SMILES string of the molecule is CN(Cc1cccc(C(F)(F)F)c1)c1nc(C(=O)Nc2cnoc2)c(O)c(=O)n1C. The van der Waals surface area contributed by atoms with E-state index in [0.717, 1.165) is 23.0 Å². The molecular formula is C18H16F3N5O4. The largest absolute Gasteiger partial charge is 0.501 e. The number of alkyl halides is 3. The van der Waals surface area contributed by atoms with Crippen LogP contribution in [-0.2, 0) is 19.8 Å². The van der Waals surface area contributed by atoms with Crippen molar-refractivity contribution >= 4 is 17.5 Å². The maximum atomic E-state index is 12.9. The Balaban J connectivity index is 1.92. The number of carbonyl (C=O) groups is 1. The first kappa shape index (κ1) is 20.9. The number of amides is 1. The van der Waals surface area contributed by atoms with Crippen molar-refractivity contribution in [1.82, 2.24) is 14.7 Å². The van der Waals surface area contributed by atoms with E-state index in [0.29, 0.717) is 5.56 Å². The van der Waals surface area contributed by atoms with Crippen LogP contribution in [0.1, 0.15) is 21.6 Å². The van der Waals surface area contributed by atoms with E-state index < -0.39 is 34.6 Å². The zero-order chi connectivity index (χ0) is 22.1. The molecule has 2 aromatic heterocycles. The molecule has 3 aromatic rings. The number of benzene rings is 1. The van der Waals surface area contributed by atoms with Crippen molar-refractivity contribution in [2.24, 2.45) is 7.05 Å². The van der Waals surface area contributed by atoms with Crippen molar-refractivity contribution in [3.63, 3.8) is 0 Å². The van der Waals surface area contributed by atoms with Gasteiger partial charge >= 0.3 is 6.18 Å². The molecular weight excluding hydrogens is 407 g/mol. The second-order valence-corrected chi connectivity index (χ2v) is 6.39. The van der Waals surface area contributed by atoms with E-state index in [1.54, 1.807) is 0 Å². The molecule has 0 aliphatic rings. The third-order valence-corrected chi connectivity index (χ3v) is 4.16. The standard InChI is InChI=1S/C18H16F3N5O4/c1-25(8-10-4-3-5-11(6-10)18(19,20)21)17-24-13(14(27)16(29)26(17)2)15(28)23-12-7-22-30-9-12/h3-7,9,27H,8H2,1-2H3,(H,23,28). The summed E-state index contributed by atoms with van der Waals surface area (Å²) in [6.07, 6.45) is -2.15. The average Bonchev–Trinajstić information content (AvgIpc) is 3.18. The number of carbonyl (C=O) groups excluding carboxylic acids is 1. The van der Waals surface area contributed by atoms with Gasteiger partial charge in [0.2, 0.25) is 11.7 Å². The van der Waals surface area contributed by atoms with Gasteiger partial charge in [0, 0.05) is 20.6 Å². The minimum Gasteiger partial charge on any atom is -0.501 e. The lowest BCUT2D eigenvalue weighted by Crippen LogP contribution is -2.31. The van der Waals surface area contributed by atoms with E-state index in [4.69, 9.17) is 0 Å². The van der Waals surface area contributed by atoms with Gasteiger partial charge in [-0.3, -0.25) is 14.2 Å². The average molecular weight is 423 g/mol. The molecule has 0 saturated carbocycles. The van der Waals surface area contributed by atoms with Gasteiger partial charge in [-0.25, -0.2) is 4.98 Å². The van der Waals surface area contributed by atoms with Gasteiger partial charge in [0.05, 0.1) is 11.8 Å². The molecule has 1 aromatic carbocycles. The van der Waals surface area contributed by atoms with Crippen LogP contribution in [0.2, 0.25) is 0 Å². The normalized spacial score (nSPS) is 11.4. The number of anilines is 2. The molecule has 2 N–H and O–H groups in total. The van der Waals surface area contributed by atoms with Crippen LogP contribution in [0.15, 0.2) is 46.0 Å². The number of nitrogens with one attached hydrogen (secondary N) is 1. The highest BCUT2D eigenvalue weighted by Gasteiger charge is 2.30. The molecule has 0 spiro atoms. The van der Waals surface area contributed by atoms with E-state index in [1.807, 2.05) is 0 Å². The van der Waals surface area contributed by atoms with Gasteiger partial charge in [0.15, 0.2) is 5.69 Å². The lowest BCUT2D eigenvalue weighted by molar-refractivity contribution is -0.137. The molecule has 0 saturated heterocycles. The first-order valence-corrected chi connectivity index (χ1v) is 8.46. The summed E-state index contributed by atoms with van der Waals surface area (Å²) in [5, 5.41) is 15.8. The number of nitrogens with zero attached hydrogens (tertiary/aromatic N) is 4. The van der Waals surface area contributed by atoms with Crippen LogP contribution < -0.4 is 15.8 Å². The van der Waals surface area contributed by atoms with Crippen molar-refractivity contribution < 1.29 is 27.6 Å². The number of halogens is 3. The first-order chi connectivity index (χ1) is 14.1. The molecule has 9 nitrogen and oxygen atoms in total. The van der Waals surface area contributed by atoms with Crippen molar-refractivity contribution in [3.8, 4) is 5.75 Å². The monoisotopic (exact) mass is 423 g/mol. The maximum absolute atomic E-state index is 12.9. The van der Waals surface area contributed by atoms with Crippen LogP contribution in [0.4, 0.5) is 24.8 Å². The Bertz CT molecular complexity index is 1130. The zero-order valence-corrected chi connectivity index (χ0v) is 15.8.